The molecule has 1 heterocycles. The minimum absolute atomic E-state index is 0.00833. The largest absolute Gasteiger partial charge is 0.393 e. The maximum Gasteiger partial charge on any atom is 0.279 e. The molecule has 6 heteroatoms. The van der Waals surface area contributed by atoms with Gasteiger partial charge in [0.1, 0.15) is 0 Å². The van der Waals surface area contributed by atoms with Crippen LogP contribution in [0.15, 0.2) is 0 Å². The lowest BCUT2D eigenvalue weighted by atomic mass is 9.94. The molecule has 2 fully saturated rings. The molecule has 1 aliphatic heterocycles. The molecule has 2 rings (SSSR count). The molecule has 2 N–H and O–H groups in total. The van der Waals surface area contributed by atoms with E-state index in [1.165, 1.54) is 4.31 Å². The van der Waals surface area contributed by atoms with Crippen molar-refractivity contribution in [3.8, 4) is 0 Å². The summed E-state index contributed by atoms with van der Waals surface area (Å²) in [7, 11) is -3.28. The first-order valence-electron chi connectivity index (χ1n) is 6.03. The SMILES string of the molecule is O=S(=O)(NC1CCC(O)CC1)N1CCCC1. The molecular formula is C10H20N2O3S. The lowest BCUT2D eigenvalue weighted by Gasteiger charge is -2.27. The highest BCUT2D eigenvalue weighted by Crippen LogP contribution is 2.20. The average Bonchev–Trinajstić information content (AvgIpc) is 2.75. The zero-order valence-corrected chi connectivity index (χ0v) is 10.2. The monoisotopic (exact) mass is 248 g/mol. The Labute approximate surface area is 97.0 Å². The summed E-state index contributed by atoms with van der Waals surface area (Å²) < 4.78 is 28.1. The highest BCUT2D eigenvalue weighted by molar-refractivity contribution is 7.87. The number of hydrogen-bond acceptors (Lipinski definition) is 3. The molecule has 0 aromatic heterocycles. The lowest BCUT2D eigenvalue weighted by molar-refractivity contribution is 0.120. The third-order valence-electron chi connectivity index (χ3n) is 3.42. The predicted molar refractivity (Wildman–Crippen MR) is 61.1 cm³/mol. The Morgan fingerprint density at radius 1 is 1.06 bits per heavy atom. The van der Waals surface area contributed by atoms with Crippen LogP contribution in [0.25, 0.3) is 0 Å². The van der Waals surface area contributed by atoms with Crippen LogP contribution in [0.1, 0.15) is 38.5 Å². The topological polar surface area (TPSA) is 69.6 Å². The van der Waals surface area contributed by atoms with Crippen molar-refractivity contribution >= 4 is 10.2 Å². The third-order valence-corrected chi connectivity index (χ3v) is 5.09. The first kappa shape index (κ1) is 12.3. The van der Waals surface area contributed by atoms with Gasteiger partial charge >= 0.3 is 0 Å². The minimum atomic E-state index is -3.28. The van der Waals surface area contributed by atoms with Crippen molar-refractivity contribution in [1.29, 1.82) is 0 Å². The Hall–Kier alpha value is -0.170. The van der Waals surface area contributed by atoms with Crippen molar-refractivity contribution < 1.29 is 13.5 Å². The second kappa shape index (κ2) is 5.00. The zero-order chi connectivity index (χ0) is 11.6. The maximum atomic E-state index is 11.9. The van der Waals surface area contributed by atoms with Crippen LogP contribution in [0, 0.1) is 0 Å². The molecule has 1 aliphatic carbocycles. The first-order chi connectivity index (χ1) is 7.58. The molecule has 0 radical (unpaired) electrons. The van der Waals surface area contributed by atoms with Crippen LogP contribution in [0.5, 0.6) is 0 Å². The Kier molecular flexibility index (Phi) is 3.84. The van der Waals surface area contributed by atoms with Gasteiger partial charge < -0.3 is 5.11 Å². The fourth-order valence-electron chi connectivity index (χ4n) is 2.41. The van der Waals surface area contributed by atoms with E-state index >= 15 is 0 Å². The number of hydrogen-bond donors (Lipinski definition) is 2. The molecule has 1 saturated carbocycles. The predicted octanol–water partition coefficient (Wildman–Crippen LogP) is 0.220. The van der Waals surface area contributed by atoms with E-state index in [2.05, 4.69) is 4.72 Å². The van der Waals surface area contributed by atoms with E-state index in [0.717, 1.165) is 25.7 Å². The molecule has 16 heavy (non-hydrogen) atoms. The molecule has 0 aromatic rings. The fraction of sp³-hybridized carbons (Fsp3) is 1.00. The smallest absolute Gasteiger partial charge is 0.279 e. The molecule has 0 unspecified atom stereocenters. The highest BCUT2D eigenvalue weighted by Gasteiger charge is 2.29. The van der Waals surface area contributed by atoms with Gasteiger partial charge in [-0.15, -0.1) is 0 Å². The van der Waals surface area contributed by atoms with Gasteiger partial charge in [0.25, 0.3) is 10.2 Å². The van der Waals surface area contributed by atoms with Crippen LogP contribution < -0.4 is 4.72 Å². The van der Waals surface area contributed by atoms with Gasteiger partial charge in [0, 0.05) is 19.1 Å². The summed E-state index contributed by atoms with van der Waals surface area (Å²) in [5.41, 5.74) is 0. The molecule has 0 spiro atoms. The summed E-state index contributed by atoms with van der Waals surface area (Å²) in [4.78, 5) is 0. The molecule has 0 atom stereocenters. The standard InChI is InChI=1S/C10H20N2O3S/c13-10-5-3-9(4-6-10)11-16(14,15)12-7-1-2-8-12/h9-11,13H,1-8H2. The summed E-state index contributed by atoms with van der Waals surface area (Å²) >= 11 is 0. The summed E-state index contributed by atoms with van der Waals surface area (Å²) in [5.74, 6) is 0. The van der Waals surface area contributed by atoms with Crippen LogP contribution >= 0.6 is 0 Å². The summed E-state index contributed by atoms with van der Waals surface area (Å²) in [6.07, 6.45) is 4.57. The highest BCUT2D eigenvalue weighted by atomic mass is 32.2. The number of aliphatic hydroxyl groups is 1. The van der Waals surface area contributed by atoms with Gasteiger partial charge in [0.05, 0.1) is 6.10 Å². The van der Waals surface area contributed by atoms with Crippen molar-refractivity contribution in [2.45, 2.75) is 50.7 Å². The number of nitrogens with zero attached hydrogens (tertiary/aromatic N) is 1. The Morgan fingerprint density at radius 3 is 2.19 bits per heavy atom. The molecular weight excluding hydrogens is 228 g/mol. The van der Waals surface area contributed by atoms with E-state index in [1.807, 2.05) is 0 Å². The molecule has 1 saturated heterocycles. The fourth-order valence-corrected chi connectivity index (χ4v) is 3.95. The van der Waals surface area contributed by atoms with Crippen molar-refractivity contribution in [3.63, 3.8) is 0 Å². The quantitative estimate of drug-likeness (QED) is 0.750. The van der Waals surface area contributed by atoms with Crippen molar-refractivity contribution in [3.05, 3.63) is 0 Å². The average molecular weight is 248 g/mol. The van der Waals surface area contributed by atoms with Gasteiger partial charge in [-0.2, -0.15) is 17.4 Å². The van der Waals surface area contributed by atoms with E-state index in [9.17, 15) is 13.5 Å². The molecule has 0 aromatic carbocycles. The van der Waals surface area contributed by atoms with Crippen molar-refractivity contribution in [1.82, 2.24) is 9.03 Å². The van der Waals surface area contributed by atoms with Crippen LogP contribution in [0.3, 0.4) is 0 Å². The van der Waals surface area contributed by atoms with Crippen LogP contribution in [-0.4, -0.2) is 43.1 Å². The van der Waals surface area contributed by atoms with Crippen molar-refractivity contribution in [2.24, 2.45) is 0 Å². The van der Waals surface area contributed by atoms with Gasteiger partial charge in [-0.1, -0.05) is 0 Å². The van der Waals surface area contributed by atoms with Gasteiger partial charge in [0.2, 0.25) is 0 Å². The summed E-state index contributed by atoms with van der Waals surface area (Å²) in [6, 6.07) is 0.00833. The van der Waals surface area contributed by atoms with E-state index in [0.29, 0.717) is 25.9 Å². The van der Waals surface area contributed by atoms with Gasteiger partial charge in [-0.05, 0) is 38.5 Å². The van der Waals surface area contributed by atoms with E-state index in [1.54, 1.807) is 0 Å². The van der Waals surface area contributed by atoms with Crippen molar-refractivity contribution in [2.75, 3.05) is 13.1 Å². The van der Waals surface area contributed by atoms with E-state index < -0.39 is 10.2 Å². The van der Waals surface area contributed by atoms with Crippen LogP contribution in [-0.2, 0) is 10.2 Å². The van der Waals surface area contributed by atoms with Gasteiger partial charge in [0.15, 0.2) is 0 Å². The van der Waals surface area contributed by atoms with E-state index in [-0.39, 0.29) is 12.1 Å². The van der Waals surface area contributed by atoms with Crippen LogP contribution in [0.4, 0.5) is 0 Å². The lowest BCUT2D eigenvalue weighted by Crippen LogP contribution is -2.45. The van der Waals surface area contributed by atoms with Gasteiger partial charge in [-0.25, -0.2) is 0 Å². The molecule has 0 amide bonds. The molecule has 94 valence electrons. The Bertz CT molecular complexity index is 317. The van der Waals surface area contributed by atoms with E-state index in [4.69, 9.17) is 0 Å². The Morgan fingerprint density at radius 2 is 1.62 bits per heavy atom. The van der Waals surface area contributed by atoms with Crippen LogP contribution in [0.2, 0.25) is 0 Å². The second-order valence-electron chi connectivity index (χ2n) is 4.73. The molecule has 5 nitrogen and oxygen atoms in total. The maximum absolute atomic E-state index is 11.9. The Balaban J connectivity index is 1.88. The number of rotatable bonds is 3. The minimum Gasteiger partial charge on any atom is -0.393 e. The number of aliphatic hydroxyl groups excluding tert-OH is 1. The number of nitrogens with one attached hydrogen (secondary N) is 1. The van der Waals surface area contributed by atoms with Gasteiger partial charge in [-0.3, -0.25) is 0 Å². The zero-order valence-electron chi connectivity index (χ0n) is 9.43. The molecule has 2 aliphatic rings. The summed E-state index contributed by atoms with van der Waals surface area (Å²) in [6.45, 7) is 1.29. The summed E-state index contributed by atoms with van der Waals surface area (Å²) in [5, 5.41) is 9.35. The molecule has 0 bridgehead atoms. The third kappa shape index (κ3) is 2.94. The normalized spacial score (nSPS) is 33.1. The first-order valence-corrected chi connectivity index (χ1v) is 7.47. The second-order valence-corrected chi connectivity index (χ2v) is 6.44.